The number of hydrogen-bond acceptors (Lipinski definition) is 3. The van der Waals surface area contributed by atoms with Crippen molar-refractivity contribution < 1.29 is 9.47 Å². The van der Waals surface area contributed by atoms with E-state index in [1.54, 1.807) is 7.11 Å². The Balaban J connectivity index is 1.62. The molecule has 3 nitrogen and oxygen atoms in total. The van der Waals surface area contributed by atoms with Crippen LogP contribution in [0.1, 0.15) is 12.8 Å². The van der Waals surface area contributed by atoms with Crippen molar-refractivity contribution in [3.63, 3.8) is 0 Å². The van der Waals surface area contributed by atoms with Crippen LogP contribution < -0.4 is 5.32 Å². The van der Waals surface area contributed by atoms with Crippen LogP contribution in [-0.4, -0.2) is 39.0 Å². The quantitative estimate of drug-likeness (QED) is 0.649. The van der Waals surface area contributed by atoms with Crippen LogP contribution in [0.5, 0.6) is 0 Å². The van der Waals surface area contributed by atoms with Crippen LogP contribution >= 0.6 is 0 Å². The lowest BCUT2D eigenvalue weighted by molar-refractivity contribution is -0.0510. The normalized spacial score (nSPS) is 26.8. The molecule has 1 saturated carbocycles. The summed E-state index contributed by atoms with van der Waals surface area (Å²) in [6, 6.07) is 0. The molecule has 1 N–H and O–H groups in total. The molecular formula is C9H17NO2. The van der Waals surface area contributed by atoms with E-state index in [2.05, 4.69) is 5.32 Å². The maximum atomic E-state index is 5.64. The van der Waals surface area contributed by atoms with Crippen molar-refractivity contribution in [2.75, 3.05) is 26.8 Å². The van der Waals surface area contributed by atoms with Crippen molar-refractivity contribution in [3.8, 4) is 0 Å². The molecular weight excluding hydrogens is 154 g/mol. The minimum absolute atomic E-state index is 0.352. The molecule has 1 saturated heterocycles. The highest BCUT2D eigenvalue weighted by Crippen LogP contribution is 2.34. The number of methoxy groups -OCH3 is 1. The molecule has 0 aromatic rings. The summed E-state index contributed by atoms with van der Waals surface area (Å²) in [7, 11) is 1.78. The van der Waals surface area contributed by atoms with E-state index < -0.39 is 0 Å². The van der Waals surface area contributed by atoms with E-state index in [0.717, 1.165) is 25.6 Å². The number of hydrogen-bond donors (Lipinski definition) is 1. The summed E-state index contributed by atoms with van der Waals surface area (Å²) in [6.07, 6.45) is 3.45. The zero-order valence-corrected chi connectivity index (χ0v) is 7.58. The van der Waals surface area contributed by atoms with Crippen LogP contribution in [0.15, 0.2) is 0 Å². The third-order valence-corrected chi connectivity index (χ3v) is 2.69. The molecule has 0 radical (unpaired) electrons. The predicted molar refractivity (Wildman–Crippen MR) is 46.1 cm³/mol. The van der Waals surface area contributed by atoms with Crippen LogP contribution in [0, 0.1) is 5.92 Å². The Morgan fingerprint density at radius 1 is 1.42 bits per heavy atom. The predicted octanol–water partition coefficient (Wildman–Crippen LogP) is 0.400. The summed E-state index contributed by atoms with van der Waals surface area (Å²) in [6.45, 7) is 2.82. The standard InChI is InChI=1S/C9H17NO2/c1-11-9(7-2-3-7)6-12-8-4-10-5-8/h7-10H,2-6H2,1H3. The third kappa shape index (κ3) is 1.97. The van der Waals surface area contributed by atoms with Crippen LogP contribution in [0.2, 0.25) is 0 Å². The van der Waals surface area contributed by atoms with Crippen molar-refractivity contribution in [1.82, 2.24) is 5.32 Å². The zero-order chi connectivity index (χ0) is 8.39. The number of rotatable bonds is 5. The summed E-state index contributed by atoms with van der Waals surface area (Å²) in [5, 5.41) is 3.18. The van der Waals surface area contributed by atoms with Crippen LogP contribution in [0.4, 0.5) is 0 Å². The fourth-order valence-corrected chi connectivity index (χ4v) is 1.48. The Kier molecular flexibility index (Phi) is 2.63. The van der Waals surface area contributed by atoms with Gasteiger partial charge in [0, 0.05) is 20.2 Å². The molecule has 3 heteroatoms. The summed E-state index contributed by atoms with van der Waals surface area (Å²) in [4.78, 5) is 0. The average molecular weight is 171 g/mol. The first kappa shape index (κ1) is 8.48. The lowest BCUT2D eigenvalue weighted by atomic mass is 10.2. The van der Waals surface area contributed by atoms with Gasteiger partial charge in [-0.05, 0) is 18.8 Å². The second-order valence-electron chi connectivity index (χ2n) is 3.73. The van der Waals surface area contributed by atoms with Crippen molar-refractivity contribution in [2.45, 2.75) is 25.0 Å². The Bertz CT molecular complexity index is 143. The Morgan fingerprint density at radius 3 is 2.58 bits per heavy atom. The fraction of sp³-hybridized carbons (Fsp3) is 1.00. The van der Waals surface area contributed by atoms with E-state index in [1.807, 2.05) is 0 Å². The molecule has 0 amide bonds. The van der Waals surface area contributed by atoms with Gasteiger partial charge in [0.1, 0.15) is 0 Å². The smallest absolute Gasteiger partial charge is 0.0832 e. The molecule has 1 aliphatic heterocycles. The first-order chi connectivity index (χ1) is 5.90. The Morgan fingerprint density at radius 2 is 2.17 bits per heavy atom. The first-order valence-electron chi connectivity index (χ1n) is 4.75. The summed E-state index contributed by atoms with van der Waals surface area (Å²) in [5.41, 5.74) is 0. The van der Waals surface area contributed by atoms with Crippen molar-refractivity contribution in [2.24, 2.45) is 5.92 Å². The SMILES string of the molecule is COC(COC1CNC1)C1CC1. The molecule has 2 rings (SSSR count). The summed E-state index contributed by atoms with van der Waals surface area (Å²) < 4.78 is 11.0. The zero-order valence-electron chi connectivity index (χ0n) is 7.58. The van der Waals surface area contributed by atoms with Crippen LogP contribution in [0.3, 0.4) is 0 Å². The van der Waals surface area contributed by atoms with Gasteiger partial charge in [0.2, 0.25) is 0 Å². The molecule has 1 unspecified atom stereocenters. The van der Waals surface area contributed by atoms with E-state index in [1.165, 1.54) is 12.8 Å². The van der Waals surface area contributed by atoms with Gasteiger partial charge in [-0.1, -0.05) is 0 Å². The highest BCUT2D eigenvalue weighted by atomic mass is 16.5. The van der Waals surface area contributed by atoms with Gasteiger partial charge in [-0.25, -0.2) is 0 Å². The molecule has 1 atom stereocenters. The Hall–Kier alpha value is -0.120. The van der Waals surface area contributed by atoms with Crippen molar-refractivity contribution in [3.05, 3.63) is 0 Å². The second kappa shape index (κ2) is 3.73. The van der Waals surface area contributed by atoms with Gasteiger partial charge in [0.05, 0.1) is 18.8 Å². The van der Waals surface area contributed by atoms with Gasteiger partial charge in [-0.15, -0.1) is 0 Å². The van der Waals surface area contributed by atoms with E-state index in [-0.39, 0.29) is 0 Å². The lowest BCUT2D eigenvalue weighted by Gasteiger charge is -2.28. The van der Waals surface area contributed by atoms with Gasteiger partial charge in [0.15, 0.2) is 0 Å². The molecule has 1 heterocycles. The van der Waals surface area contributed by atoms with E-state index in [4.69, 9.17) is 9.47 Å². The van der Waals surface area contributed by atoms with Crippen LogP contribution in [-0.2, 0) is 9.47 Å². The molecule has 0 spiro atoms. The van der Waals surface area contributed by atoms with Crippen LogP contribution in [0.25, 0.3) is 0 Å². The average Bonchev–Trinajstić information content (AvgIpc) is 2.77. The van der Waals surface area contributed by atoms with Crippen molar-refractivity contribution in [1.29, 1.82) is 0 Å². The molecule has 0 aromatic carbocycles. The van der Waals surface area contributed by atoms with E-state index in [9.17, 15) is 0 Å². The highest BCUT2D eigenvalue weighted by Gasteiger charge is 2.32. The van der Waals surface area contributed by atoms with E-state index in [0.29, 0.717) is 12.2 Å². The maximum Gasteiger partial charge on any atom is 0.0832 e. The lowest BCUT2D eigenvalue weighted by Crippen LogP contribution is -2.49. The minimum Gasteiger partial charge on any atom is -0.379 e. The number of ether oxygens (including phenoxy) is 2. The second-order valence-corrected chi connectivity index (χ2v) is 3.73. The Labute approximate surface area is 73.4 Å². The van der Waals surface area contributed by atoms with Gasteiger partial charge < -0.3 is 14.8 Å². The molecule has 2 fully saturated rings. The number of nitrogens with one attached hydrogen (secondary N) is 1. The van der Waals surface area contributed by atoms with Crippen molar-refractivity contribution >= 4 is 0 Å². The van der Waals surface area contributed by atoms with Gasteiger partial charge in [0.25, 0.3) is 0 Å². The molecule has 70 valence electrons. The van der Waals surface area contributed by atoms with Gasteiger partial charge >= 0.3 is 0 Å². The molecule has 1 aliphatic carbocycles. The van der Waals surface area contributed by atoms with Gasteiger partial charge in [-0.3, -0.25) is 0 Å². The highest BCUT2D eigenvalue weighted by molar-refractivity contribution is 4.83. The molecule has 0 aromatic heterocycles. The molecule has 0 bridgehead atoms. The topological polar surface area (TPSA) is 30.5 Å². The third-order valence-electron chi connectivity index (χ3n) is 2.69. The van der Waals surface area contributed by atoms with E-state index >= 15 is 0 Å². The molecule has 2 aliphatic rings. The fourth-order valence-electron chi connectivity index (χ4n) is 1.48. The monoisotopic (exact) mass is 171 g/mol. The summed E-state index contributed by atoms with van der Waals surface area (Å²) in [5.74, 6) is 0.781. The maximum absolute atomic E-state index is 5.64. The largest absolute Gasteiger partial charge is 0.379 e. The van der Waals surface area contributed by atoms with Gasteiger partial charge in [-0.2, -0.15) is 0 Å². The first-order valence-corrected chi connectivity index (χ1v) is 4.75. The minimum atomic E-state index is 0.352. The summed E-state index contributed by atoms with van der Waals surface area (Å²) >= 11 is 0. The molecule has 12 heavy (non-hydrogen) atoms.